The second-order valence-corrected chi connectivity index (χ2v) is 8.12. The molecule has 0 radical (unpaired) electrons. The average Bonchev–Trinajstić information content (AvgIpc) is 3.03. The molecule has 0 aliphatic carbocycles. The van der Waals surface area contributed by atoms with E-state index in [4.69, 9.17) is 9.47 Å². The molecule has 3 rings (SSSR count). The number of carbonyl (C=O) groups is 2. The number of ketones is 1. The summed E-state index contributed by atoms with van der Waals surface area (Å²) in [6.45, 7) is 5.22. The van der Waals surface area contributed by atoms with Gasteiger partial charge in [-0.05, 0) is 42.2 Å². The highest BCUT2D eigenvalue weighted by atomic mass is 19.1. The molecule has 1 aliphatic heterocycles. The normalized spacial score (nSPS) is 17.9. The number of amides is 1. The third-order valence-electron chi connectivity index (χ3n) is 5.16. The monoisotopic (exact) mass is 441 g/mol. The van der Waals surface area contributed by atoms with Gasteiger partial charge in [0.25, 0.3) is 11.7 Å². The SMILES string of the molecule is COCCCN1C(=O)C(=O)/C(=C(\O)c2cccc(OCC(C)C)c2)C1c1ccc(F)cc1. The Labute approximate surface area is 187 Å². The number of benzene rings is 2. The van der Waals surface area contributed by atoms with Crippen molar-refractivity contribution in [2.24, 2.45) is 5.92 Å². The van der Waals surface area contributed by atoms with Crippen LogP contribution in [0.1, 0.15) is 37.4 Å². The van der Waals surface area contributed by atoms with Gasteiger partial charge in [-0.3, -0.25) is 9.59 Å². The third kappa shape index (κ3) is 5.16. The lowest BCUT2D eigenvalue weighted by Gasteiger charge is -2.25. The van der Waals surface area contributed by atoms with Crippen LogP contribution in [0.25, 0.3) is 5.76 Å². The summed E-state index contributed by atoms with van der Waals surface area (Å²) in [6.07, 6.45) is 0.514. The molecule has 1 saturated heterocycles. The highest BCUT2D eigenvalue weighted by Gasteiger charge is 2.45. The van der Waals surface area contributed by atoms with Crippen molar-refractivity contribution < 1.29 is 28.6 Å². The number of rotatable bonds is 9. The molecular formula is C25H28FNO5. The molecule has 2 aromatic rings. The van der Waals surface area contributed by atoms with Gasteiger partial charge in [0.1, 0.15) is 17.3 Å². The number of likely N-dealkylation sites (tertiary alicyclic amines) is 1. The van der Waals surface area contributed by atoms with Crippen molar-refractivity contribution in [1.29, 1.82) is 0 Å². The lowest BCUT2D eigenvalue weighted by molar-refractivity contribution is -0.140. The number of hydrogen-bond donors (Lipinski definition) is 1. The van der Waals surface area contributed by atoms with Crippen LogP contribution in [-0.4, -0.2) is 48.6 Å². The smallest absolute Gasteiger partial charge is 0.295 e. The average molecular weight is 441 g/mol. The van der Waals surface area contributed by atoms with Crippen molar-refractivity contribution in [2.45, 2.75) is 26.3 Å². The van der Waals surface area contributed by atoms with Crippen molar-refractivity contribution in [3.63, 3.8) is 0 Å². The van der Waals surface area contributed by atoms with E-state index in [0.717, 1.165) is 0 Å². The zero-order chi connectivity index (χ0) is 23.3. The lowest BCUT2D eigenvalue weighted by Crippen LogP contribution is -2.31. The second kappa shape index (κ2) is 10.4. The standard InChI is InChI=1S/C25H28FNO5/c1-16(2)15-32-20-7-4-6-18(14-20)23(28)21-22(17-8-10-19(26)11-9-17)27(12-5-13-31-3)25(30)24(21)29/h4,6-11,14,16,22,28H,5,12-13,15H2,1-3H3/b23-21-. The molecule has 1 fully saturated rings. The van der Waals surface area contributed by atoms with Crippen molar-refractivity contribution in [2.75, 3.05) is 26.9 Å². The molecule has 0 saturated carbocycles. The van der Waals surface area contributed by atoms with Gasteiger partial charge < -0.3 is 19.5 Å². The van der Waals surface area contributed by atoms with Crippen LogP contribution < -0.4 is 4.74 Å². The molecule has 6 nitrogen and oxygen atoms in total. The number of aliphatic hydroxyl groups is 1. The van der Waals surface area contributed by atoms with Gasteiger partial charge in [0.05, 0.1) is 18.2 Å². The minimum Gasteiger partial charge on any atom is -0.507 e. The van der Waals surface area contributed by atoms with E-state index >= 15 is 0 Å². The maximum absolute atomic E-state index is 13.5. The highest BCUT2D eigenvalue weighted by Crippen LogP contribution is 2.39. The fraction of sp³-hybridized carbons (Fsp3) is 0.360. The number of Topliss-reactive ketones (excluding diaryl/α,β-unsaturated/α-hetero) is 1. The number of ether oxygens (including phenoxy) is 2. The van der Waals surface area contributed by atoms with Crippen molar-refractivity contribution in [3.05, 3.63) is 71.0 Å². The summed E-state index contributed by atoms with van der Waals surface area (Å²) in [4.78, 5) is 27.2. The maximum Gasteiger partial charge on any atom is 0.295 e. The summed E-state index contributed by atoms with van der Waals surface area (Å²) in [5.74, 6) is -1.33. The Hall–Kier alpha value is -3.19. The first-order valence-electron chi connectivity index (χ1n) is 10.6. The molecule has 1 amide bonds. The van der Waals surface area contributed by atoms with Gasteiger partial charge >= 0.3 is 0 Å². The van der Waals surface area contributed by atoms with Crippen molar-refractivity contribution in [1.82, 2.24) is 4.90 Å². The molecule has 1 atom stereocenters. The Kier molecular flexibility index (Phi) is 7.64. The minimum atomic E-state index is -0.826. The predicted molar refractivity (Wildman–Crippen MR) is 119 cm³/mol. The summed E-state index contributed by atoms with van der Waals surface area (Å²) in [7, 11) is 1.56. The number of halogens is 1. The summed E-state index contributed by atoms with van der Waals surface area (Å²) in [5.41, 5.74) is 0.880. The lowest BCUT2D eigenvalue weighted by atomic mass is 9.95. The van der Waals surface area contributed by atoms with E-state index in [2.05, 4.69) is 0 Å². The summed E-state index contributed by atoms with van der Waals surface area (Å²) >= 11 is 0. The molecule has 0 aromatic heterocycles. The van der Waals surface area contributed by atoms with E-state index in [0.29, 0.717) is 42.4 Å². The molecule has 1 N–H and O–H groups in total. The fourth-order valence-corrected chi connectivity index (χ4v) is 3.63. The number of carbonyl (C=O) groups excluding carboxylic acids is 2. The van der Waals surface area contributed by atoms with E-state index in [1.54, 1.807) is 31.4 Å². The summed E-state index contributed by atoms with van der Waals surface area (Å²) in [5, 5.41) is 11.1. The van der Waals surface area contributed by atoms with Crippen LogP contribution in [0.5, 0.6) is 5.75 Å². The molecule has 1 unspecified atom stereocenters. The van der Waals surface area contributed by atoms with Crippen LogP contribution in [0, 0.1) is 11.7 Å². The second-order valence-electron chi connectivity index (χ2n) is 8.12. The van der Waals surface area contributed by atoms with E-state index < -0.39 is 23.5 Å². The Balaban J connectivity index is 2.05. The topological polar surface area (TPSA) is 76.1 Å². The Morgan fingerprint density at radius 3 is 2.53 bits per heavy atom. The Bertz CT molecular complexity index is 1000. The first-order valence-corrected chi connectivity index (χ1v) is 10.6. The van der Waals surface area contributed by atoms with Gasteiger partial charge in [0.15, 0.2) is 0 Å². The Morgan fingerprint density at radius 2 is 1.88 bits per heavy atom. The number of methoxy groups -OCH3 is 1. The van der Waals surface area contributed by atoms with Crippen molar-refractivity contribution >= 4 is 17.4 Å². The molecule has 1 heterocycles. The zero-order valence-electron chi connectivity index (χ0n) is 18.5. The van der Waals surface area contributed by atoms with E-state index in [1.165, 1.54) is 29.2 Å². The molecular weight excluding hydrogens is 413 g/mol. The van der Waals surface area contributed by atoms with Crippen LogP contribution >= 0.6 is 0 Å². The van der Waals surface area contributed by atoms with E-state index in [1.807, 2.05) is 13.8 Å². The molecule has 0 spiro atoms. The number of nitrogens with zero attached hydrogens (tertiary/aromatic N) is 1. The first-order chi connectivity index (χ1) is 15.3. The Morgan fingerprint density at radius 1 is 1.16 bits per heavy atom. The van der Waals surface area contributed by atoms with Gasteiger partial charge in [-0.2, -0.15) is 0 Å². The van der Waals surface area contributed by atoms with Crippen LogP contribution in [0.15, 0.2) is 54.1 Å². The van der Waals surface area contributed by atoms with Crippen LogP contribution in [0.3, 0.4) is 0 Å². The molecule has 1 aliphatic rings. The molecule has 0 bridgehead atoms. The minimum absolute atomic E-state index is 0.0277. The maximum atomic E-state index is 13.5. The number of hydrogen-bond acceptors (Lipinski definition) is 5. The van der Waals surface area contributed by atoms with Crippen molar-refractivity contribution in [3.8, 4) is 5.75 Å². The molecule has 170 valence electrons. The van der Waals surface area contributed by atoms with Gasteiger partial charge in [0, 0.05) is 25.8 Å². The predicted octanol–water partition coefficient (Wildman–Crippen LogP) is 4.32. The van der Waals surface area contributed by atoms with Crippen LogP contribution in [0.2, 0.25) is 0 Å². The largest absolute Gasteiger partial charge is 0.507 e. The fourth-order valence-electron chi connectivity index (χ4n) is 3.63. The summed E-state index contributed by atoms with van der Waals surface area (Å²) < 4.78 is 24.3. The quantitative estimate of drug-likeness (QED) is 0.272. The van der Waals surface area contributed by atoms with Gasteiger partial charge in [-0.25, -0.2) is 4.39 Å². The first kappa shape index (κ1) is 23.5. The van der Waals surface area contributed by atoms with Crippen LogP contribution in [0.4, 0.5) is 4.39 Å². The molecule has 2 aromatic carbocycles. The number of aliphatic hydroxyl groups excluding tert-OH is 1. The van der Waals surface area contributed by atoms with E-state index in [-0.39, 0.29) is 17.9 Å². The van der Waals surface area contributed by atoms with E-state index in [9.17, 15) is 19.1 Å². The van der Waals surface area contributed by atoms with Gasteiger partial charge in [0.2, 0.25) is 0 Å². The zero-order valence-corrected chi connectivity index (χ0v) is 18.5. The van der Waals surface area contributed by atoms with Gasteiger partial charge in [-0.15, -0.1) is 0 Å². The highest BCUT2D eigenvalue weighted by molar-refractivity contribution is 6.46. The van der Waals surface area contributed by atoms with Crippen LogP contribution in [-0.2, 0) is 14.3 Å². The summed E-state index contributed by atoms with van der Waals surface area (Å²) in [6, 6.07) is 11.5. The van der Waals surface area contributed by atoms with Gasteiger partial charge in [-0.1, -0.05) is 38.1 Å². The molecule has 32 heavy (non-hydrogen) atoms. The molecule has 7 heteroatoms. The third-order valence-corrected chi connectivity index (χ3v) is 5.16.